The number of nitrogens with one attached hydrogen (secondary N) is 1. The summed E-state index contributed by atoms with van der Waals surface area (Å²) < 4.78 is 10.9. The zero-order valence-corrected chi connectivity index (χ0v) is 14.2. The van der Waals surface area contributed by atoms with Crippen molar-refractivity contribution in [1.82, 2.24) is 9.97 Å². The van der Waals surface area contributed by atoms with E-state index in [0.29, 0.717) is 22.9 Å². The lowest BCUT2D eigenvalue weighted by Crippen LogP contribution is -1.98. The fourth-order valence-corrected chi connectivity index (χ4v) is 2.36. The van der Waals surface area contributed by atoms with Gasteiger partial charge in [-0.25, -0.2) is 4.98 Å². The number of oxazole rings is 1. The first kappa shape index (κ1) is 16.5. The summed E-state index contributed by atoms with van der Waals surface area (Å²) >= 11 is 0. The summed E-state index contributed by atoms with van der Waals surface area (Å²) in [5, 5.41) is 3.26. The molecule has 0 fully saturated rings. The molecule has 0 saturated carbocycles. The Balaban J connectivity index is 1.83. The van der Waals surface area contributed by atoms with Crippen LogP contribution in [-0.4, -0.2) is 17.1 Å². The highest BCUT2D eigenvalue weighted by Gasteiger charge is 2.09. The summed E-state index contributed by atoms with van der Waals surface area (Å²) in [5.41, 5.74) is 4.62. The molecule has 0 unspecified atom stereocenters. The lowest BCUT2D eigenvalue weighted by molar-refractivity contribution is 0.413. The highest BCUT2D eigenvalue weighted by molar-refractivity contribution is 5.84. The minimum atomic E-state index is 0.515. The minimum absolute atomic E-state index is 0.515. The van der Waals surface area contributed by atoms with Crippen molar-refractivity contribution in [2.45, 2.75) is 6.92 Å². The molecule has 3 rings (SSSR count). The van der Waals surface area contributed by atoms with Gasteiger partial charge in [-0.3, -0.25) is 4.98 Å². The first-order valence-electron chi connectivity index (χ1n) is 7.78. The van der Waals surface area contributed by atoms with E-state index < -0.39 is 0 Å². The van der Waals surface area contributed by atoms with E-state index in [1.54, 1.807) is 19.5 Å². The summed E-state index contributed by atoms with van der Waals surface area (Å²) in [5.74, 6) is 1.20. The molecule has 0 aliphatic carbocycles. The third-order valence-electron chi connectivity index (χ3n) is 3.62. The Labute approximate surface area is 146 Å². The van der Waals surface area contributed by atoms with E-state index in [1.165, 1.54) is 0 Å². The first-order valence-corrected chi connectivity index (χ1v) is 7.78. The Morgan fingerprint density at radius 2 is 2.08 bits per heavy atom. The minimum Gasteiger partial charge on any atom is -0.495 e. The predicted octanol–water partition coefficient (Wildman–Crippen LogP) is 4.90. The van der Waals surface area contributed by atoms with Crippen molar-refractivity contribution >= 4 is 28.1 Å². The van der Waals surface area contributed by atoms with E-state index >= 15 is 0 Å². The Morgan fingerprint density at radius 3 is 2.84 bits per heavy atom. The van der Waals surface area contributed by atoms with Gasteiger partial charge in [0.1, 0.15) is 11.3 Å². The largest absolute Gasteiger partial charge is 0.495 e. The number of nitrogens with zero attached hydrogens (tertiary/aromatic N) is 2. The molecule has 1 aromatic carbocycles. The van der Waals surface area contributed by atoms with Crippen molar-refractivity contribution < 1.29 is 9.15 Å². The maximum atomic E-state index is 5.72. The molecule has 0 aliphatic heterocycles. The second-order valence-electron chi connectivity index (χ2n) is 5.44. The van der Waals surface area contributed by atoms with Crippen molar-refractivity contribution in [1.29, 1.82) is 0 Å². The molecule has 0 radical (unpaired) electrons. The molecule has 2 heterocycles. The number of hydrogen-bond acceptors (Lipinski definition) is 5. The number of ether oxygens (including phenoxy) is 1. The molecule has 0 aliphatic rings. The summed E-state index contributed by atoms with van der Waals surface area (Å²) in [6.45, 7) is 9.93. The molecule has 126 valence electrons. The third-order valence-corrected chi connectivity index (χ3v) is 3.62. The van der Waals surface area contributed by atoms with Gasteiger partial charge in [-0.2, -0.15) is 0 Å². The smallest absolute Gasteiger partial charge is 0.226 e. The van der Waals surface area contributed by atoms with Crippen molar-refractivity contribution in [2.75, 3.05) is 12.4 Å². The molecule has 3 aromatic rings. The molecule has 0 atom stereocenters. The van der Waals surface area contributed by atoms with Crippen LogP contribution in [-0.2, 0) is 0 Å². The maximum absolute atomic E-state index is 5.72. The molecule has 2 aromatic heterocycles. The van der Waals surface area contributed by atoms with Crippen molar-refractivity contribution in [3.63, 3.8) is 0 Å². The van der Waals surface area contributed by atoms with Crippen LogP contribution in [0.5, 0.6) is 5.75 Å². The van der Waals surface area contributed by atoms with E-state index in [9.17, 15) is 0 Å². The van der Waals surface area contributed by atoms with Gasteiger partial charge in [0.05, 0.1) is 13.3 Å². The van der Waals surface area contributed by atoms with Gasteiger partial charge in [0, 0.05) is 28.7 Å². The number of methoxy groups -OCH3 is 1. The molecule has 5 heteroatoms. The molecule has 5 nitrogen and oxygen atoms in total. The van der Waals surface area contributed by atoms with Gasteiger partial charge < -0.3 is 14.5 Å². The van der Waals surface area contributed by atoms with Crippen LogP contribution in [0.3, 0.4) is 0 Å². The van der Waals surface area contributed by atoms with Crippen LogP contribution in [0.4, 0.5) is 5.69 Å². The zero-order chi connectivity index (χ0) is 17.8. The molecule has 25 heavy (non-hydrogen) atoms. The van der Waals surface area contributed by atoms with Gasteiger partial charge in [-0.1, -0.05) is 25.3 Å². The number of allylic oxidation sites excluding steroid dienone is 3. The number of benzene rings is 1. The number of rotatable bonds is 6. The summed E-state index contributed by atoms with van der Waals surface area (Å²) in [6, 6.07) is 7.56. The van der Waals surface area contributed by atoms with Crippen LogP contribution in [0.25, 0.3) is 22.4 Å². The van der Waals surface area contributed by atoms with Gasteiger partial charge in [-0.15, -0.1) is 0 Å². The number of anilines is 1. The lowest BCUT2D eigenvalue weighted by atomic mass is 10.2. The molecule has 0 saturated heterocycles. The molecular weight excluding hydrogens is 314 g/mol. The van der Waals surface area contributed by atoms with Gasteiger partial charge in [-0.05, 0) is 31.2 Å². The predicted molar refractivity (Wildman–Crippen MR) is 101 cm³/mol. The lowest BCUT2D eigenvalue weighted by Gasteiger charge is -2.10. The fraction of sp³-hybridized carbons (Fsp3) is 0.100. The van der Waals surface area contributed by atoms with Gasteiger partial charge in [0.2, 0.25) is 5.89 Å². The Kier molecular flexibility index (Phi) is 4.66. The molecule has 0 bridgehead atoms. The van der Waals surface area contributed by atoms with Crippen LogP contribution in [0.2, 0.25) is 0 Å². The summed E-state index contributed by atoms with van der Waals surface area (Å²) in [4.78, 5) is 8.62. The monoisotopic (exact) mass is 333 g/mol. The molecule has 0 spiro atoms. The average molecular weight is 333 g/mol. The zero-order valence-electron chi connectivity index (χ0n) is 14.2. The number of fused-ring (bicyclic) bond motifs is 1. The molecule has 1 N–H and O–H groups in total. The van der Waals surface area contributed by atoms with Crippen LogP contribution >= 0.6 is 0 Å². The third kappa shape index (κ3) is 3.61. The number of pyridine rings is 1. The Hall–Kier alpha value is -3.34. The number of hydrogen-bond donors (Lipinski definition) is 1. The normalized spacial score (nSPS) is 11.0. The van der Waals surface area contributed by atoms with Gasteiger partial charge in [0.25, 0.3) is 0 Å². The first-order chi connectivity index (χ1) is 12.1. The summed E-state index contributed by atoms with van der Waals surface area (Å²) in [7, 11) is 1.61. The fourth-order valence-electron chi connectivity index (χ4n) is 2.36. The number of aromatic nitrogens is 2. The van der Waals surface area contributed by atoms with Crippen LogP contribution in [0.1, 0.15) is 18.4 Å². The average Bonchev–Trinajstić information content (AvgIpc) is 3.05. The second-order valence-corrected chi connectivity index (χ2v) is 5.44. The van der Waals surface area contributed by atoms with Crippen molar-refractivity contribution in [3.8, 4) is 5.75 Å². The summed E-state index contributed by atoms with van der Waals surface area (Å²) in [6.07, 6.45) is 7.14. The second kappa shape index (κ2) is 7.05. The highest BCUT2D eigenvalue weighted by atomic mass is 16.5. The Morgan fingerprint density at radius 1 is 1.24 bits per heavy atom. The topological polar surface area (TPSA) is 60.2 Å². The molecule has 0 amide bonds. The van der Waals surface area contributed by atoms with Crippen molar-refractivity contribution in [3.05, 3.63) is 73.4 Å². The standard InChI is InChI=1S/C20H19N3O2/c1-5-6-13(2)20-23-18-10-16(7-8-19(18)25-20)22-14(3)15-9-17(24-4)12-21-11-15/h5-12,22H,2-3H2,1,4H3/b6-5-. The highest BCUT2D eigenvalue weighted by Crippen LogP contribution is 2.26. The van der Waals surface area contributed by atoms with Crippen molar-refractivity contribution in [2.24, 2.45) is 0 Å². The maximum Gasteiger partial charge on any atom is 0.226 e. The molecular formula is C20H19N3O2. The SMILES string of the molecule is C=C(Nc1ccc2oc(C(=C)/C=C\C)nc2c1)c1cncc(OC)c1. The van der Waals surface area contributed by atoms with Gasteiger partial charge in [0.15, 0.2) is 5.58 Å². The van der Waals surface area contributed by atoms with Crippen LogP contribution in [0.15, 0.2) is 66.4 Å². The van der Waals surface area contributed by atoms with E-state index in [0.717, 1.165) is 22.3 Å². The van der Waals surface area contributed by atoms with Crippen LogP contribution in [0, 0.1) is 0 Å². The van der Waals surface area contributed by atoms with Crippen LogP contribution < -0.4 is 10.1 Å². The quantitative estimate of drug-likeness (QED) is 0.650. The van der Waals surface area contributed by atoms with E-state index in [-0.39, 0.29) is 0 Å². The Bertz CT molecular complexity index is 970. The van der Waals surface area contributed by atoms with E-state index in [1.807, 2.05) is 43.3 Å². The van der Waals surface area contributed by atoms with E-state index in [4.69, 9.17) is 9.15 Å². The van der Waals surface area contributed by atoms with Gasteiger partial charge >= 0.3 is 0 Å². The van der Waals surface area contributed by atoms with E-state index in [2.05, 4.69) is 28.4 Å².